The van der Waals surface area contributed by atoms with Gasteiger partial charge in [-0.1, -0.05) is 19.1 Å². The number of halogens is 1. The fourth-order valence-electron chi connectivity index (χ4n) is 2.81. The van der Waals surface area contributed by atoms with Gasteiger partial charge in [-0.3, -0.25) is 4.79 Å². The van der Waals surface area contributed by atoms with Gasteiger partial charge in [0.1, 0.15) is 5.82 Å². The van der Waals surface area contributed by atoms with E-state index in [1.165, 1.54) is 31.2 Å². The fourth-order valence-corrected chi connectivity index (χ4v) is 2.81. The van der Waals surface area contributed by atoms with Gasteiger partial charge in [-0.25, -0.2) is 4.39 Å². The second kappa shape index (κ2) is 7.93. The molecule has 1 aromatic rings. The lowest BCUT2D eigenvalue weighted by atomic mass is 10.0. The highest BCUT2D eigenvalue weighted by molar-refractivity contribution is 5.91. The van der Waals surface area contributed by atoms with Gasteiger partial charge in [-0.2, -0.15) is 0 Å². The minimum Gasteiger partial charge on any atom is -0.349 e. The summed E-state index contributed by atoms with van der Waals surface area (Å²) in [6.45, 7) is 5.69. The van der Waals surface area contributed by atoms with Gasteiger partial charge >= 0.3 is 0 Å². The fraction of sp³-hybridized carbons (Fsp3) is 0.471. The summed E-state index contributed by atoms with van der Waals surface area (Å²) >= 11 is 0. The molecule has 1 saturated heterocycles. The molecule has 0 unspecified atom stereocenters. The Morgan fingerprint density at radius 1 is 1.43 bits per heavy atom. The third kappa shape index (κ3) is 5.31. The molecule has 1 aliphatic heterocycles. The molecule has 1 aromatic carbocycles. The van der Waals surface area contributed by atoms with Crippen molar-refractivity contribution < 1.29 is 14.1 Å². The summed E-state index contributed by atoms with van der Waals surface area (Å²) < 4.78 is 13.0. The van der Waals surface area contributed by atoms with E-state index < -0.39 is 0 Å². The van der Waals surface area contributed by atoms with Crippen molar-refractivity contribution in [1.29, 1.82) is 0 Å². The average Bonchev–Trinajstić information content (AvgIpc) is 2.48. The highest BCUT2D eigenvalue weighted by atomic mass is 19.1. The summed E-state index contributed by atoms with van der Waals surface area (Å²) in [6.07, 6.45) is 6.42. The lowest BCUT2D eigenvalue weighted by Crippen LogP contribution is -3.13. The van der Waals surface area contributed by atoms with E-state index in [1.807, 2.05) is 0 Å². The second-order valence-corrected chi connectivity index (χ2v) is 5.67. The van der Waals surface area contributed by atoms with Gasteiger partial charge in [0.15, 0.2) is 0 Å². The number of carbonyl (C=O) groups excluding carboxylic acids is 1. The Kier molecular flexibility index (Phi) is 5.93. The SMILES string of the molecule is CCC[NH+]1CCC(NC(=O)/C=C/c2cccc(F)c2)CC1. The summed E-state index contributed by atoms with van der Waals surface area (Å²) in [5, 5.41) is 3.03. The molecule has 0 bridgehead atoms. The Bertz CT molecular complexity index is 493. The lowest BCUT2D eigenvalue weighted by molar-refractivity contribution is -0.905. The van der Waals surface area contributed by atoms with Crippen LogP contribution >= 0.6 is 0 Å². The number of quaternary nitrogens is 1. The molecule has 0 radical (unpaired) electrons. The highest BCUT2D eigenvalue weighted by Gasteiger charge is 2.21. The van der Waals surface area contributed by atoms with Crippen molar-refractivity contribution in [3.63, 3.8) is 0 Å². The molecule has 0 aliphatic carbocycles. The number of piperidine rings is 1. The zero-order valence-corrected chi connectivity index (χ0v) is 12.6. The van der Waals surface area contributed by atoms with Crippen LogP contribution in [0.3, 0.4) is 0 Å². The van der Waals surface area contributed by atoms with E-state index >= 15 is 0 Å². The first-order valence-electron chi connectivity index (χ1n) is 7.75. The van der Waals surface area contributed by atoms with Crippen LogP contribution in [0.2, 0.25) is 0 Å². The Morgan fingerprint density at radius 3 is 2.86 bits per heavy atom. The van der Waals surface area contributed by atoms with E-state index in [0.717, 1.165) is 25.9 Å². The average molecular weight is 291 g/mol. The summed E-state index contributed by atoms with van der Waals surface area (Å²) in [7, 11) is 0. The Hall–Kier alpha value is -1.68. The van der Waals surface area contributed by atoms with Crippen molar-refractivity contribution in [3.8, 4) is 0 Å². The van der Waals surface area contributed by atoms with Gasteiger partial charge in [-0.05, 0) is 30.2 Å². The van der Waals surface area contributed by atoms with E-state index in [1.54, 1.807) is 23.1 Å². The molecular weight excluding hydrogens is 267 g/mol. The molecule has 1 aliphatic rings. The third-order valence-corrected chi connectivity index (χ3v) is 3.92. The minimum absolute atomic E-state index is 0.0943. The summed E-state index contributed by atoms with van der Waals surface area (Å²) in [6, 6.07) is 6.49. The number of likely N-dealkylation sites (tertiary alicyclic amines) is 1. The van der Waals surface area contributed by atoms with Crippen LogP contribution in [-0.4, -0.2) is 31.6 Å². The largest absolute Gasteiger partial charge is 0.349 e. The first kappa shape index (κ1) is 15.7. The Labute approximate surface area is 125 Å². The number of benzene rings is 1. The molecule has 1 heterocycles. The van der Waals surface area contributed by atoms with Gasteiger partial charge in [0, 0.05) is 25.0 Å². The van der Waals surface area contributed by atoms with Crippen LogP contribution in [0.25, 0.3) is 6.08 Å². The second-order valence-electron chi connectivity index (χ2n) is 5.67. The smallest absolute Gasteiger partial charge is 0.244 e. The maximum Gasteiger partial charge on any atom is 0.244 e. The van der Waals surface area contributed by atoms with Crippen LogP contribution in [0.4, 0.5) is 4.39 Å². The Morgan fingerprint density at radius 2 is 2.19 bits per heavy atom. The predicted octanol–water partition coefficient (Wildman–Crippen LogP) is 1.41. The van der Waals surface area contributed by atoms with E-state index in [-0.39, 0.29) is 17.8 Å². The summed E-state index contributed by atoms with van der Waals surface area (Å²) in [5.74, 6) is -0.382. The zero-order valence-electron chi connectivity index (χ0n) is 12.6. The molecule has 0 spiro atoms. The zero-order chi connectivity index (χ0) is 15.1. The van der Waals surface area contributed by atoms with Gasteiger partial charge in [-0.15, -0.1) is 0 Å². The summed E-state index contributed by atoms with van der Waals surface area (Å²) in [4.78, 5) is 13.5. The number of hydrogen-bond acceptors (Lipinski definition) is 1. The van der Waals surface area contributed by atoms with Crippen LogP contribution in [0, 0.1) is 5.82 Å². The molecule has 3 nitrogen and oxygen atoms in total. The van der Waals surface area contributed by atoms with Crippen LogP contribution in [0.1, 0.15) is 31.7 Å². The number of rotatable bonds is 5. The predicted molar refractivity (Wildman–Crippen MR) is 82.5 cm³/mol. The molecule has 2 rings (SSSR count). The summed E-state index contributed by atoms with van der Waals surface area (Å²) in [5.41, 5.74) is 0.701. The van der Waals surface area contributed by atoms with E-state index in [2.05, 4.69) is 12.2 Å². The van der Waals surface area contributed by atoms with Crippen molar-refractivity contribution in [2.24, 2.45) is 0 Å². The monoisotopic (exact) mass is 291 g/mol. The quantitative estimate of drug-likeness (QED) is 0.790. The van der Waals surface area contributed by atoms with Gasteiger partial charge in [0.05, 0.1) is 19.6 Å². The van der Waals surface area contributed by atoms with E-state index in [0.29, 0.717) is 5.56 Å². The standard InChI is InChI=1S/C17H23FN2O/c1-2-10-20-11-8-16(9-12-20)19-17(21)7-6-14-4-3-5-15(18)13-14/h3-7,13,16H,2,8-12H2,1H3,(H,19,21)/p+1/b7-6+. The minimum atomic E-state index is -0.288. The van der Waals surface area contributed by atoms with Gasteiger partial charge in [0.25, 0.3) is 0 Å². The van der Waals surface area contributed by atoms with Gasteiger partial charge in [0.2, 0.25) is 5.91 Å². The number of hydrogen-bond donors (Lipinski definition) is 2. The highest BCUT2D eigenvalue weighted by Crippen LogP contribution is 2.05. The molecule has 114 valence electrons. The molecule has 1 amide bonds. The number of carbonyl (C=O) groups is 1. The molecular formula is C17H24FN2O+. The van der Waals surface area contributed by atoms with Crippen LogP contribution in [-0.2, 0) is 4.79 Å². The molecule has 4 heteroatoms. The van der Waals surface area contributed by atoms with E-state index in [9.17, 15) is 9.18 Å². The first-order chi connectivity index (χ1) is 10.2. The lowest BCUT2D eigenvalue weighted by Gasteiger charge is -2.29. The number of amides is 1. The van der Waals surface area contributed by atoms with Crippen molar-refractivity contribution in [2.45, 2.75) is 32.2 Å². The van der Waals surface area contributed by atoms with Crippen LogP contribution in [0.15, 0.2) is 30.3 Å². The van der Waals surface area contributed by atoms with E-state index in [4.69, 9.17) is 0 Å². The first-order valence-corrected chi connectivity index (χ1v) is 7.75. The Balaban J connectivity index is 1.77. The molecule has 21 heavy (non-hydrogen) atoms. The maximum atomic E-state index is 13.0. The number of nitrogens with one attached hydrogen (secondary N) is 2. The maximum absolute atomic E-state index is 13.0. The van der Waals surface area contributed by atoms with Gasteiger partial charge < -0.3 is 10.2 Å². The molecule has 0 saturated carbocycles. The topological polar surface area (TPSA) is 33.5 Å². The van der Waals surface area contributed by atoms with Crippen LogP contribution in [0.5, 0.6) is 0 Å². The normalized spacial score (nSPS) is 22.4. The molecule has 0 atom stereocenters. The molecule has 2 N–H and O–H groups in total. The van der Waals surface area contributed by atoms with Crippen LogP contribution < -0.4 is 10.2 Å². The molecule has 0 aromatic heterocycles. The van der Waals surface area contributed by atoms with Crippen molar-refractivity contribution >= 4 is 12.0 Å². The third-order valence-electron chi connectivity index (χ3n) is 3.92. The van der Waals surface area contributed by atoms with Crippen molar-refractivity contribution in [1.82, 2.24) is 5.32 Å². The molecule has 1 fully saturated rings. The van der Waals surface area contributed by atoms with Crippen molar-refractivity contribution in [3.05, 3.63) is 41.7 Å². The van der Waals surface area contributed by atoms with Crippen molar-refractivity contribution in [2.75, 3.05) is 19.6 Å².